The van der Waals surface area contributed by atoms with Crippen molar-refractivity contribution in [3.8, 4) is 0 Å². The molecule has 0 aromatic heterocycles. The highest BCUT2D eigenvalue weighted by molar-refractivity contribution is 8.00. The molecular weight excluding hydrogens is 190 g/mol. The summed E-state index contributed by atoms with van der Waals surface area (Å²) < 4.78 is 0. The SMILES string of the molecule is CCC(C)NCC(C)SC(C)C(C)C. The summed E-state index contributed by atoms with van der Waals surface area (Å²) in [4.78, 5) is 0. The molecule has 0 aromatic rings. The van der Waals surface area contributed by atoms with E-state index in [9.17, 15) is 0 Å². The van der Waals surface area contributed by atoms with Gasteiger partial charge in [-0.05, 0) is 19.3 Å². The fraction of sp³-hybridized carbons (Fsp3) is 1.00. The van der Waals surface area contributed by atoms with E-state index < -0.39 is 0 Å². The Hall–Kier alpha value is 0.310. The molecule has 2 heteroatoms. The maximum atomic E-state index is 3.56. The first-order valence-corrected chi connectivity index (χ1v) is 6.80. The third kappa shape index (κ3) is 6.72. The first kappa shape index (κ1) is 14.3. The second kappa shape index (κ2) is 7.58. The van der Waals surface area contributed by atoms with Gasteiger partial charge in [-0.1, -0.05) is 34.6 Å². The largest absolute Gasteiger partial charge is 0.313 e. The Kier molecular flexibility index (Phi) is 7.75. The highest BCUT2D eigenvalue weighted by Gasteiger charge is 2.12. The molecule has 3 unspecified atom stereocenters. The van der Waals surface area contributed by atoms with Crippen LogP contribution in [0.25, 0.3) is 0 Å². The molecule has 0 saturated heterocycles. The van der Waals surface area contributed by atoms with Crippen molar-refractivity contribution in [3.63, 3.8) is 0 Å². The zero-order valence-electron chi connectivity index (χ0n) is 10.6. The van der Waals surface area contributed by atoms with Gasteiger partial charge in [0.1, 0.15) is 0 Å². The van der Waals surface area contributed by atoms with Crippen molar-refractivity contribution in [3.05, 3.63) is 0 Å². The summed E-state index contributed by atoms with van der Waals surface area (Å²) in [5.41, 5.74) is 0. The molecule has 14 heavy (non-hydrogen) atoms. The second-order valence-electron chi connectivity index (χ2n) is 4.61. The molecule has 0 aromatic carbocycles. The molecule has 0 aliphatic carbocycles. The maximum Gasteiger partial charge on any atom is 0.0147 e. The van der Waals surface area contributed by atoms with Gasteiger partial charge in [-0.2, -0.15) is 11.8 Å². The summed E-state index contributed by atoms with van der Waals surface area (Å²) in [7, 11) is 0. The maximum absolute atomic E-state index is 3.56. The first-order valence-electron chi connectivity index (χ1n) is 5.86. The van der Waals surface area contributed by atoms with Gasteiger partial charge < -0.3 is 5.32 Å². The lowest BCUT2D eigenvalue weighted by Crippen LogP contribution is -2.31. The molecular formula is C12H27NS. The number of thioether (sulfide) groups is 1. The van der Waals surface area contributed by atoms with E-state index in [-0.39, 0.29) is 0 Å². The molecule has 0 fully saturated rings. The lowest BCUT2D eigenvalue weighted by molar-refractivity contribution is 0.535. The Morgan fingerprint density at radius 1 is 1.07 bits per heavy atom. The molecule has 0 rings (SSSR count). The Morgan fingerprint density at radius 3 is 2.07 bits per heavy atom. The fourth-order valence-corrected chi connectivity index (χ4v) is 2.32. The minimum absolute atomic E-state index is 0.660. The third-order valence-electron chi connectivity index (χ3n) is 2.75. The molecule has 0 heterocycles. The number of rotatable bonds is 7. The summed E-state index contributed by atoms with van der Waals surface area (Å²) in [6.45, 7) is 14.9. The van der Waals surface area contributed by atoms with Crippen molar-refractivity contribution in [2.24, 2.45) is 5.92 Å². The number of nitrogens with one attached hydrogen (secondary N) is 1. The summed E-state index contributed by atoms with van der Waals surface area (Å²) in [6, 6.07) is 0.660. The van der Waals surface area contributed by atoms with Gasteiger partial charge in [0.15, 0.2) is 0 Å². The van der Waals surface area contributed by atoms with Crippen LogP contribution in [0.15, 0.2) is 0 Å². The Balaban J connectivity index is 3.59. The van der Waals surface area contributed by atoms with Gasteiger partial charge in [-0.3, -0.25) is 0 Å². The van der Waals surface area contributed by atoms with E-state index in [4.69, 9.17) is 0 Å². The van der Waals surface area contributed by atoms with E-state index in [1.165, 1.54) is 6.42 Å². The van der Waals surface area contributed by atoms with Crippen LogP contribution < -0.4 is 5.32 Å². The molecule has 0 aliphatic rings. The van der Waals surface area contributed by atoms with Gasteiger partial charge in [0, 0.05) is 23.1 Å². The molecule has 0 saturated carbocycles. The van der Waals surface area contributed by atoms with E-state index in [0.717, 1.165) is 23.0 Å². The van der Waals surface area contributed by atoms with E-state index in [1.807, 2.05) is 0 Å². The lowest BCUT2D eigenvalue weighted by atomic mass is 10.2. The standard InChI is InChI=1S/C12H27NS/c1-7-10(4)13-8-11(5)14-12(6)9(2)3/h9-13H,7-8H2,1-6H3. The zero-order chi connectivity index (χ0) is 11.1. The lowest BCUT2D eigenvalue weighted by Gasteiger charge is -2.21. The minimum Gasteiger partial charge on any atom is -0.313 e. The van der Waals surface area contributed by atoms with Crippen molar-refractivity contribution in [1.29, 1.82) is 0 Å². The minimum atomic E-state index is 0.660. The highest BCUT2D eigenvalue weighted by atomic mass is 32.2. The van der Waals surface area contributed by atoms with Crippen LogP contribution in [0.1, 0.15) is 48.0 Å². The van der Waals surface area contributed by atoms with E-state index in [2.05, 4.69) is 58.6 Å². The first-order chi connectivity index (χ1) is 6.47. The van der Waals surface area contributed by atoms with Gasteiger partial charge in [-0.15, -0.1) is 0 Å². The predicted molar refractivity (Wildman–Crippen MR) is 69.1 cm³/mol. The summed E-state index contributed by atoms with van der Waals surface area (Å²) in [6.07, 6.45) is 1.22. The van der Waals surface area contributed by atoms with Crippen LogP contribution in [-0.2, 0) is 0 Å². The van der Waals surface area contributed by atoms with Crippen LogP contribution in [-0.4, -0.2) is 23.1 Å². The van der Waals surface area contributed by atoms with Crippen LogP contribution in [0.2, 0.25) is 0 Å². The fourth-order valence-electron chi connectivity index (χ4n) is 1.08. The van der Waals surface area contributed by atoms with Crippen molar-refractivity contribution < 1.29 is 0 Å². The Bertz CT molecular complexity index is 136. The molecule has 0 aliphatic heterocycles. The Morgan fingerprint density at radius 2 is 1.64 bits per heavy atom. The van der Waals surface area contributed by atoms with Crippen molar-refractivity contribution in [2.45, 2.75) is 64.5 Å². The van der Waals surface area contributed by atoms with E-state index in [1.54, 1.807) is 0 Å². The summed E-state index contributed by atoms with van der Waals surface area (Å²) in [5, 5.41) is 5.05. The number of hydrogen-bond donors (Lipinski definition) is 1. The monoisotopic (exact) mass is 217 g/mol. The predicted octanol–water partition coefficient (Wildman–Crippen LogP) is 3.54. The smallest absolute Gasteiger partial charge is 0.0147 e. The summed E-state index contributed by atoms with van der Waals surface area (Å²) in [5.74, 6) is 0.783. The normalized spacial score (nSPS) is 18.2. The molecule has 1 N–H and O–H groups in total. The van der Waals surface area contributed by atoms with Crippen LogP contribution in [0, 0.1) is 5.92 Å². The quantitative estimate of drug-likeness (QED) is 0.700. The van der Waals surface area contributed by atoms with Crippen LogP contribution in [0.4, 0.5) is 0 Å². The highest BCUT2D eigenvalue weighted by Crippen LogP contribution is 2.22. The molecule has 0 bridgehead atoms. The second-order valence-corrected chi connectivity index (χ2v) is 6.43. The van der Waals surface area contributed by atoms with Crippen LogP contribution in [0.5, 0.6) is 0 Å². The molecule has 0 radical (unpaired) electrons. The van der Waals surface area contributed by atoms with E-state index in [0.29, 0.717) is 6.04 Å². The van der Waals surface area contributed by atoms with E-state index >= 15 is 0 Å². The molecule has 0 spiro atoms. The number of hydrogen-bond acceptors (Lipinski definition) is 2. The molecule has 1 nitrogen and oxygen atoms in total. The van der Waals surface area contributed by atoms with Crippen LogP contribution >= 0.6 is 11.8 Å². The average molecular weight is 217 g/mol. The third-order valence-corrected chi connectivity index (χ3v) is 4.36. The molecule has 86 valence electrons. The van der Waals surface area contributed by atoms with Crippen molar-refractivity contribution in [2.75, 3.05) is 6.54 Å². The Labute approximate surface area is 94.4 Å². The van der Waals surface area contributed by atoms with Gasteiger partial charge in [0.25, 0.3) is 0 Å². The molecule has 3 atom stereocenters. The molecule has 0 amide bonds. The topological polar surface area (TPSA) is 12.0 Å². The van der Waals surface area contributed by atoms with Crippen LogP contribution in [0.3, 0.4) is 0 Å². The van der Waals surface area contributed by atoms with Crippen molar-refractivity contribution >= 4 is 11.8 Å². The zero-order valence-corrected chi connectivity index (χ0v) is 11.4. The van der Waals surface area contributed by atoms with Gasteiger partial charge in [-0.25, -0.2) is 0 Å². The summed E-state index contributed by atoms with van der Waals surface area (Å²) >= 11 is 2.10. The van der Waals surface area contributed by atoms with Gasteiger partial charge in [0.05, 0.1) is 0 Å². The average Bonchev–Trinajstić information content (AvgIpc) is 2.13. The van der Waals surface area contributed by atoms with Gasteiger partial charge >= 0.3 is 0 Å². The van der Waals surface area contributed by atoms with Gasteiger partial charge in [0.2, 0.25) is 0 Å². The van der Waals surface area contributed by atoms with Crippen molar-refractivity contribution in [1.82, 2.24) is 5.32 Å².